The highest BCUT2D eigenvalue weighted by Crippen LogP contribution is 2.34. The Labute approximate surface area is 158 Å². The predicted molar refractivity (Wildman–Crippen MR) is 105 cm³/mol. The van der Waals surface area contributed by atoms with E-state index in [4.69, 9.17) is 4.74 Å². The molecule has 4 heteroatoms. The summed E-state index contributed by atoms with van der Waals surface area (Å²) in [6, 6.07) is 12.6. The second-order valence-electron chi connectivity index (χ2n) is 7.53. The fraction of sp³-hybridized carbons (Fsp3) is 0.381. The van der Waals surface area contributed by atoms with Crippen molar-refractivity contribution in [2.75, 3.05) is 11.4 Å². The quantitative estimate of drug-likeness (QED) is 0.650. The lowest BCUT2D eigenvalue weighted by Crippen LogP contribution is -2.35. The molecule has 0 aliphatic carbocycles. The van der Waals surface area contributed by atoms with Gasteiger partial charge in [-0.2, -0.15) is 0 Å². The molecule has 0 fully saturated rings. The smallest absolute Gasteiger partial charge is 0.414 e. The molecule has 1 aliphatic rings. The number of halogens is 1. The Morgan fingerprint density at radius 3 is 2.48 bits per heavy atom. The number of rotatable bonds is 2. The van der Waals surface area contributed by atoms with Gasteiger partial charge in [0.25, 0.3) is 0 Å². The van der Waals surface area contributed by atoms with Crippen molar-refractivity contribution in [3.63, 3.8) is 0 Å². The van der Waals surface area contributed by atoms with E-state index in [1.165, 1.54) is 22.3 Å². The summed E-state index contributed by atoms with van der Waals surface area (Å²) in [5.74, 6) is 0. The lowest BCUT2D eigenvalue weighted by atomic mass is 9.95. The molecule has 0 atom stereocenters. The standard InChI is InChI=1S/C21H24BrNO2/c1-14-16(13-15-5-8-17(22)9-6-15)7-10-19-18(14)11-12-23(19)20(24)25-21(2,3)4/h5-10H,11-13H2,1-4H3. The van der Waals surface area contributed by atoms with E-state index >= 15 is 0 Å². The zero-order valence-corrected chi connectivity index (χ0v) is 16.8. The highest BCUT2D eigenvalue weighted by Gasteiger charge is 2.30. The molecule has 1 amide bonds. The number of carbonyl (C=O) groups excluding carboxylic acids is 1. The number of hydrogen-bond acceptors (Lipinski definition) is 2. The average molecular weight is 402 g/mol. The molecule has 0 spiro atoms. The van der Waals surface area contributed by atoms with Crippen molar-refractivity contribution < 1.29 is 9.53 Å². The van der Waals surface area contributed by atoms with Gasteiger partial charge < -0.3 is 4.74 Å². The van der Waals surface area contributed by atoms with Crippen molar-refractivity contribution in [2.45, 2.75) is 46.1 Å². The number of benzene rings is 2. The SMILES string of the molecule is Cc1c(Cc2ccc(Br)cc2)ccc2c1CCN2C(=O)OC(C)(C)C. The monoisotopic (exact) mass is 401 g/mol. The van der Waals surface area contributed by atoms with Crippen LogP contribution in [0.3, 0.4) is 0 Å². The molecule has 25 heavy (non-hydrogen) atoms. The predicted octanol–water partition coefficient (Wildman–Crippen LogP) is 5.65. The minimum atomic E-state index is -0.476. The van der Waals surface area contributed by atoms with Crippen molar-refractivity contribution in [2.24, 2.45) is 0 Å². The summed E-state index contributed by atoms with van der Waals surface area (Å²) in [6.07, 6.45) is 1.53. The van der Waals surface area contributed by atoms with E-state index in [9.17, 15) is 4.79 Å². The summed E-state index contributed by atoms with van der Waals surface area (Å²) in [4.78, 5) is 14.2. The Morgan fingerprint density at radius 1 is 1.16 bits per heavy atom. The van der Waals surface area contributed by atoms with E-state index in [0.717, 1.165) is 23.0 Å². The normalized spacial score (nSPS) is 13.7. The van der Waals surface area contributed by atoms with Gasteiger partial charge in [-0.15, -0.1) is 0 Å². The molecule has 3 nitrogen and oxygen atoms in total. The van der Waals surface area contributed by atoms with Crippen LogP contribution in [-0.4, -0.2) is 18.2 Å². The Hall–Kier alpha value is -1.81. The fourth-order valence-electron chi connectivity index (χ4n) is 3.22. The molecular formula is C21H24BrNO2. The average Bonchev–Trinajstić information content (AvgIpc) is 2.95. The van der Waals surface area contributed by atoms with Gasteiger partial charge in [-0.1, -0.05) is 34.1 Å². The van der Waals surface area contributed by atoms with Crippen molar-refractivity contribution in [3.05, 3.63) is 63.1 Å². The van der Waals surface area contributed by atoms with Gasteiger partial charge in [-0.25, -0.2) is 4.79 Å². The van der Waals surface area contributed by atoms with Crippen LogP contribution in [0.15, 0.2) is 40.9 Å². The number of ether oxygens (including phenoxy) is 1. The Balaban J connectivity index is 1.83. The first-order chi connectivity index (χ1) is 11.7. The van der Waals surface area contributed by atoms with E-state index in [-0.39, 0.29) is 6.09 Å². The highest BCUT2D eigenvalue weighted by atomic mass is 79.9. The first-order valence-electron chi connectivity index (χ1n) is 8.61. The maximum Gasteiger partial charge on any atom is 0.414 e. The van der Waals surface area contributed by atoms with Crippen LogP contribution in [0.1, 0.15) is 43.0 Å². The maximum atomic E-state index is 12.4. The second kappa shape index (κ2) is 6.83. The molecule has 0 saturated heterocycles. The molecule has 132 valence electrons. The van der Waals surface area contributed by atoms with Gasteiger partial charge in [0, 0.05) is 11.0 Å². The maximum absolute atomic E-state index is 12.4. The lowest BCUT2D eigenvalue weighted by molar-refractivity contribution is 0.0584. The van der Waals surface area contributed by atoms with Crippen LogP contribution < -0.4 is 4.90 Å². The third-order valence-electron chi connectivity index (χ3n) is 4.48. The minimum Gasteiger partial charge on any atom is -0.443 e. The first-order valence-corrected chi connectivity index (χ1v) is 9.40. The van der Waals surface area contributed by atoms with Gasteiger partial charge >= 0.3 is 6.09 Å². The zero-order chi connectivity index (χ0) is 18.2. The molecule has 1 aliphatic heterocycles. The molecule has 2 aromatic carbocycles. The zero-order valence-electron chi connectivity index (χ0n) is 15.2. The van der Waals surface area contributed by atoms with E-state index in [1.807, 2.05) is 20.8 Å². The molecule has 0 aromatic heterocycles. The summed E-state index contributed by atoms with van der Waals surface area (Å²) >= 11 is 3.48. The summed E-state index contributed by atoms with van der Waals surface area (Å²) in [5, 5.41) is 0. The molecule has 2 aromatic rings. The minimum absolute atomic E-state index is 0.258. The Kier molecular flexibility index (Phi) is 4.92. The molecule has 0 radical (unpaired) electrons. The molecule has 3 rings (SSSR count). The topological polar surface area (TPSA) is 29.5 Å². The van der Waals surface area contributed by atoms with Crippen molar-refractivity contribution in [1.29, 1.82) is 0 Å². The van der Waals surface area contributed by atoms with Gasteiger partial charge in [0.15, 0.2) is 0 Å². The van der Waals surface area contributed by atoms with Crippen molar-refractivity contribution in [1.82, 2.24) is 0 Å². The Bertz CT molecular complexity index is 791. The summed E-state index contributed by atoms with van der Waals surface area (Å²) in [5.41, 5.74) is 5.66. The number of nitrogens with zero attached hydrogens (tertiary/aromatic N) is 1. The molecule has 1 heterocycles. The van der Waals surface area contributed by atoms with Gasteiger partial charge in [0.2, 0.25) is 0 Å². The number of carbonyl (C=O) groups is 1. The first kappa shape index (κ1) is 18.0. The molecule has 0 saturated carbocycles. The molecule has 0 unspecified atom stereocenters. The van der Waals surface area contributed by atoms with Gasteiger partial charge in [-0.05, 0) is 81.0 Å². The second-order valence-corrected chi connectivity index (χ2v) is 8.45. The van der Waals surface area contributed by atoms with Crippen molar-refractivity contribution >= 4 is 27.7 Å². The highest BCUT2D eigenvalue weighted by molar-refractivity contribution is 9.10. The van der Waals surface area contributed by atoms with E-state index in [1.54, 1.807) is 4.90 Å². The van der Waals surface area contributed by atoms with Crippen molar-refractivity contribution in [3.8, 4) is 0 Å². The number of amides is 1. The third kappa shape index (κ3) is 4.06. The van der Waals surface area contributed by atoms with Crippen LogP contribution in [0.5, 0.6) is 0 Å². The van der Waals surface area contributed by atoms with E-state index in [2.05, 4.69) is 59.3 Å². The van der Waals surface area contributed by atoms with Crippen LogP contribution in [0.4, 0.5) is 10.5 Å². The lowest BCUT2D eigenvalue weighted by Gasteiger charge is -2.25. The summed E-state index contributed by atoms with van der Waals surface area (Å²) in [6.45, 7) is 8.54. The van der Waals surface area contributed by atoms with Gasteiger partial charge in [0.1, 0.15) is 5.60 Å². The van der Waals surface area contributed by atoms with Crippen LogP contribution in [-0.2, 0) is 17.6 Å². The number of hydrogen-bond donors (Lipinski definition) is 0. The summed E-state index contributed by atoms with van der Waals surface area (Å²) < 4.78 is 6.63. The number of fused-ring (bicyclic) bond motifs is 1. The van der Waals surface area contributed by atoms with Crippen LogP contribution >= 0.6 is 15.9 Å². The molecule has 0 bridgehead atoms. The van der Waals surface area contributed by atoms with Crippen LogP contribution in [0.25, 0.3) is 0 Å². The largest absolute Gasteiger partial charge is 0.443 e. The number of anilines is 1. The van der Waals surface area contributed by atoms with E-state index in [0.29, 0.717) is 6.54 Å². The van der Waals surface area contributed by atoms with E-state index < -0.39 is 5.60 Å². The van der Waals surface area contributed by atoms with Gasteiger partial charge in [-0.3, -0.25) is 4.90 Å². The van der Waals surface area contributed by atoms with Crippen LogP contribution in [0.2, 0.25) is 0 Å². The van der Waals surface area contributed by atoms with Crippen LogP contribution in [0, 0.1) is 6.92 Å². The fourth-order valence-corrected chi connectivity index (χ4v) is 3.49. The summed E-state index contributed by atoms with van der Waals surface area (Å²) in [7, 11) is 0. The third-order valence-corrected chi connectivity index (χ3v) is 5.01. The van der Waals surface area contributed by atoms with Gasteiger partial charge in [0.05, 0.1) is 5.69 Å². The Morgan fingerprint density at radius 2 is 1.84 bits per heavy atom. The molecule has 0 N–H and O–H groups in total. The molecular weight excluding hydrogens is 378 g/mol.